The molecule has 0 aromatic carbocycles. The molecule has 0 unspecified atom stereocenters. The first-order chi connectivity index (χ1) is 14.6. The van der Waals surface area contributed by atoms with Crippen LogP contribution in [0.4, 0.5) is 5.69 Å². The summed E-state index contributed by atoms with van der Waals surface area (Å²) in [7, 11) is 0. The molecule has 1 fully saturated rings. The minimum absolute atomic E-state index is 0.0693. The summed E-state index contributed by atoms with van der Waals surface area (Å²) in [6.45, 7) is 2.57. The van der Waals surface area contributed by atoms with Gasteiger partial charge in [-0.3, -0.25) is 34.1 Å². The number of nitrogens with zero attached hydrogens (tertiary/aromatic N) is 4. The number of thioether (sulfide) groups is 1. The largest absolute Gasteiger partial charge is 0.477 e. The second-order valence-corrected chi connectivity index (χ2v) is 7.94. The van der Waals surface area contributed by atoms with Gasteiger partial charge in [0.25, 0.3) is 5.91 Å². The van der Waals surface area contributed by atoms with E-state index in [9.17, 15) is 34.4 Å². The zero-order chi connectivity index (χ0) is 22.9. The van der Waals surface area contributed by atoms with Crippen molar-refractivity contribution >= 4 is 41.2 Å². The van der Waals surface area contributed by atoms with Gasteiger partial charge in [0.2, 0.25) is 5.91 Å². The number of amides is 2. The highest BCUT2D eigenvalue weighted by molar-refractivity contribution is 8.00. The van der Waals surface area contributed by atoms with Gasteiger partial charge in [0.1, 0.15) is 35.6 Å². The molecule has 0 spiro atoms. The Hall–Kier alpha value is -3.42. The normalized spacial score (nSPS) is 20.1. The molecular weight excluding hydrogens is 434 g/mol. The number of carbonyl (C=O) groups excluding carboxylic acids is 3. The van der Waals surface area contributed by atoms with Crippen LogP contribution in [0.2, 0.25) is 0 Å². The number of carboxylic acid groups (broad SMARTS) is 1. The number of ether oxygens (including phenoxy) is 1. The van der Waals surface area contributed by atoms with E-state index in [0.29, 0.717) is 11.3 Å². The number of hydrogen-bond donors (Lipinski definition) is 2. The van der Waals surface area contributed by atoms with E-state index in [1.165, 1.54) is 30.3 Å². The van der Waals surface area contributed by atoms with Crippen LogP contribution in [-0.4, -0.2) is 72.2 Å². The van der Waals surface area contributed by atoms with Crippen molar-refractivity contribution in [1.29, 1.82) is 0 Å². The van der Waals surface area contributed by atoms with Crippen molar-refractivity contribution in [2.45, 2.75) is 38.2 Å². The maximum atomic E-state index is 12.5. The van der Waals surface area contributed by atoms with E-state index in [2.05, 4.69) is 10.4 Å². The molecular formula is C17H19N5O8S. The van der Waals surface area contributed by atoms with Crippen LogP contribution in [0.25, 0.3) is 0 Å². The van der Waals surface area contributed by atoms with Gasteiger partial charge in [-0.15, -0.1) is 11.8 Å². The molecule has 0 saturated carbocycles. The van der Waals surface area contributed by atoms with Crippen LogP contribution < -0.4 is 5.32 Å². The number of fused-ring (bicyclic) bond motifs is 1. The van der Waals surface area contributed by atoms with E-state index in [-0.39, 0.29) is 36.7 Å². The number of carboxylic acids is 1. The minimum atomic E-state index is -1.32. The van der Waals surface area contributed by atoms with E-state index in [4.69, 9.17) is 4.74 Å². The van der Waals surface area contributed by atoms with Crippen molar-refractivity contribution in [3.8, 4) is 0 Å². The van der Waals surface area contributed by atoms with Crippen LogP contribution in [0.1, 0.15) is 19.0 Å². The third-order valence-electron chi connectivity index (χ3n) is 4.84. The molecule has 3 heterocycles. The average Bonchev–Trinajstić information content (AvgIpc) is 3.08. The molecule has 14 heteroatoms. The van der Waals surface area contributed by atoms with E-state index < -0.39 is 40.1 Å². The number of aromatic nitrogens is 2. The van der Waals surface area contributed by atoms with Crippen molar-refractivity contribution in [2.75, 3.05) is 12.4 Å². The summed E-state index contributed by atoms with van der Waals surface area (Å²) >= 11 is 1.26. The lowest BCUT2D eigenvalue weighted by molar-refractivity contribution is -0.385. The summed E-state index contributed by atoms with van der Waals surface area (Å²) in [5.74, 6) is -2.70. The number of nitro groups is 1. The van der Waals surface area contributed by atoms with Gasteiger partial charge in [-0.25, -0.2) is 4.79 Å². The van der Waals surface area contributed by atoms with Crippen LogP contribution in [0.5, 0.6) is 0 Å². The molecule has 2 N–H and O–H groups in total. The Balaban J connectivity index is 1.62. The topological polar surface area (TPSA) is 174 Å². The van der Waals surface area contributed by atoms with Crippen molar-refractivity contribution in [3.63, 3.8) is 0 Å². The number of hydrogen-bond acceptors (Lipinski definition) is 9. The molecule has 1 saturated heterocycles. The fourth-order valence-electron chi connectivity index (χ4n) is 3.28. The molecule has 1 aromatic rings. The lowest BCUT2D eigenvalue weighted by atomic mass is 10.0. The smallest absolute Gasteiger partial charge is 0.352 e. The Morgan fingerprint density at radius 3 is 2.74 bits per heavy atom. The number of β-lactam (4-membered cyclic amide) rings is 1. The molecule has 2 atom stereocenters. The summed E-state index contributed by atoms with van der Waals surface area (Å²) in [4.78, 5) is 58.9. The predicted octanol–water partition coefficient (Wildman–Crippen LogP) is -0.208. The second kappa shape index (κ2) is 8.75. The molecule has 13 nitrogen and oxygen atoms in total. The standard InChI is InChI=1S/C17H19N5O8S/c1-8-11(22(28)29)5-18-20(8)4-3-12(24)19-13-15(25)21-14(17(26)27)10(6-30-9(2)23)7-31-16(13)21/h5,13,16H,3-4,6-7H2,1-2H3,(H,19,24)(H,26,27)/t13-,16-/m1/s1. The Kier molecular flexibility index (Phi) is 6.29. The van der Waals surface area contributed by atoms with Crippen molar-refractivity contribution < 1.29 is 33.9 Å². The first-order valence-corrected chi connectivity index (χ1v) is 10.2. The molecule has 0 aliphatic carbocycles. The Labute approximate surface area is 179 Å². The number of aryl methyl sites for hydroxylation is 1. The lowest BCUT2D eigenvalue weighted by Gasteiger charge is -2.49. The molecule has 3 rings (SSSR count). The SMILES string of the molecule is CC(=O)OCC1=C(C(=O)O)N2C(=O)[C@@H](NC(=O)CCn3ncc([N+](=O)[O-])c3C)[C@H]2SC1. The summed E-state index contributed by atoms with van der Waals surface area (Å²) in [5.41, 5.74) is 0.224. The van der Waals surface area contributed by atoms with Gasteiger partial charge >= 0.3 is 17.6 Å². The molecule has 0 bridgehead atoms. The van der Waals surface area contributed by atoms with Crippen molar-refractivity contribution in [3.05, 3.63) is 33.3 Å². The zero-order valence-electron chi connectivity index (χ0n) is 16.6. The quantitative estimate of drug-likeness (QED) is 0.232. The predicted molar refractivity (Wildman–Crippen MR) is 105 cm³/mol. The second-order valence-electron chi connectivity index (χ2n) is 6.84. The van der Waals surface area contributed by atoms with E-state index in [1.807, 2.05) is 0 Å². The first kappa shape index (κ1) is 22.3. The number of aliphatic carboxylic acids is 1. The molecule has 1 aromatic heterocycles. The molecule has 166 valence electrons. The number of nitrogens with one attached hydrogen (secondary N) is 1. The van der Waals surface area contributed by atoms with E-state index in [1.54, 1.807) is 0 Å². The Morgan fingerprint density at radius 1 is 1.45 bits per heavy atom. The van der Waals surface area contributed by atoms with E-state index >= 15 is 0 Å². The monoisotopic (exact) mass is 453 g/mol. The van der Waals surface area contributed by atoms with Gasteiger partial charge in [-0.05, 0) is 6.92 Å². The van der Waals surface area contributed by atoms with Gasteiger partial charge in [0.05, 0.1) is 11.5 Å². The fourth-order valence-corrected chi connectivity index (χ4v) is 4.60. The maximum Gasteiger partial charge on any atom is 0.352 e. The lowest BCUT2D eigenvalue weighted by Crippen LogP contribution is -2.70. The maximum absolute atomic E-state index is 12.5. The molecule has 2 aliphatic rings. The highest BCUT2D eigenvalue weighted by atomic mass is 32.2. The minimum Gasteiger partial charge on any atom is -0.477 e. The highest BCUT2D eigenvalue weighted by Gasteiger charge is 2.54. The van der Waals surface area contributed by atoms with E-state index in [0.717, 1.165) is 11.1 Å². The molecule has 0 radical (unpaired) electrons. The third-order valence-corrected chi connectivity index (χ3v) is 6.18. The van der Waals surface area contributed by atoms with Crippen molar-refractivity contribution in [2.24, 2.45) is 0 Å². The van der Waals surface area contributed by atoms with Gasteiger partial charge < -0.3 is 15.2 Å². The molecule has 31 heavy (non-hydrogen) atoms. The zero-order valence-corrected chi connectivity index (χ0v) is 17.4. The first-order valence-electron chi connectivity index (χ1n) is 9.11. The van der Waals surface area contributed by atoms with Crippen LogP contribution >= 0.6 is 11.8 Å². The van der Waals surface area contributed by atoms with Crippen molar-refractivity contribution in [1.82, 2.24) is 20.0 Å². The van der Waals surface area contributed by atoms with Gasteiger partial charge in [0.15, 0.2) is 0 Å². The third kappa shape index (κ3) is 4.38. The Bertz CT molecular complexity index is 1000. The fraction of sp³-hybridized carbons (Fsp3) is 0.471. The Morgan fingerprint density at radius 2 is 2.16 bits per heavy atom. The summed E-state index contributed by atoms with van der Waals surface area (Å²) < 4.78 is 6.19. The summed E-state index contributed by atoms with van der Waals surface area (Å²) in [6.07, 6.45) is 1.03. The average molecular weight is 453 g/mol. The number of rotatable bonds is 8. The van der Waals surface area contributed by atoms with Crippen LogP contribution in [-0.2, 0) is 30.5 Å². The number of esters is 1. The van der Waals surface area contributed by atoms with Crippen LogP contribution in [0.15, 0.2) is 17.5 Å². The molecule has 2 aliphatic heterocycles. The number of carbonyl (C=O) groups is 4. The van der Waals surface area contributed by atoms with Gasteiger partial charge in [-0.1, -0.05) is 0 Å². The highest BCUT2D eigenvalue weighted by Crippen LogP contribution is 2.40. The summed E-state index contributed by atoms with van der Waals surface area (Å²) in [6, 6.07) is -0.893. The van der Waals surface area contributed by atoms with Crippen LogP contribution in [0, 0.1) is 17.0 Å². The molecule has 2 amide bonds. The van der Waals surface area contributed by atoms with Crippen LogP contribution in [0.3, 0.4) is 0 Å². The van der Waals surface area contributed by atoms with Gasteiger partial charge in [-0.2, -0.15) is 5.10 Å². The summed E-state index contributed by atoms with van der Waals surface area (Å²) in [5, 5.41) is 26.3. The van der Waals surface area contributed by atoms with Gasteiger partial charge in [0, 0.05) is 24.7 Å².